The number of methoxy groups -OCH3 is 1. The van der Waals surface area contributed by atoms with E-state index < -0.39 is 0 Å². The molecule has 2 nitrogen and oxygen atoms in total. The highest BCUT2D eigenvalue weighted by Crippen LogP contribution is 2.35. The summed E-state index contributed by atoms with van der Waals surface area (Å²) < 4.78 is 6.38. The lowest BCUT2D eigenvalue weighted by Gasteiger charge is -2.26. The van der Waals surface area contributed by atoms with Gasteiger partial charge >= 0.3 is 0 Å². The summed E-state index contributed by atoms with van der Waals surface area (Å²) in [6.45, 7) is 0. The summed E-state index contributed by atoms with van der Waals surface area (Å²) in [4.78, 5) is 2.25. The molecule has 0 heterocycles. The third-order valence-corrected chi connectivity index (χ3v) is 5.33. The fourth-order valence-electron chi connectivity index (χ4n) is 3.02. The van der Waals surface area contributed by atoms with Crippen molar-refractivity contribution in [2.75, 3.05) is 17.8 Å². The first-order valence-electron chi connectivity index (χ1n) is 9.11. The summed E-state index contributed by atoms with van der Waals surface area (Å²) in [5, 5.41) is 0. The number of hydrogen-bond donors (Lipinski definition) is 1. The Labute approximate surface area is 175 Å². The third kappa shape index (κ3) is 5.30. The molecule has 3 aromatic carbocycles. The molecule has 0 saturated heterocycles. The van der Waals surface area contributed by atoms with Gasteiger partial charge in [0.2, 0.25) is 0 Å². The molecular formula is C23H24BrNOS. The van der Waals surface area contributed by atoms with Gasteiger partial charge in [-0.15, -0.1) is 0 Å². The van der Waals surface area contributed by atoms with Crippen molar-refractivity contribution in [1.29, 1.82) is 0 Å². The van der Waals surface area contributed by atoms with Gasteiger partial charge in [-0.05, 0) is 91.2 Å². The molecular weight excluding hydrogens is 418 g/mol. The summed E-state index contributed by atoms with van der Waals surface area (Å²) in [5.74, 6) is 1.81. The number of unbranched alkanes of at least 4 members (excludes halogenated alkanes) is 1. The van der Waals surface area contributed by atoms with Gasteiger partial charge in [-0.25, -0.2) is 0 Å². The molecule has 3 rings (SSSR count). The van der Waals surface area contributed by atoms with Crippen LogP contribution in [0.5, 0.6) is 5.75 Å². The Hall–Kier alpha value is -1.91. The Morgan fingerprint density at radius 3 is 1.81 bits per heavy atom. The maximum absolute atomic E-state index is 5.31. The van der Waals surface area contributed by atoms with Gasteiger partial charge in [-0.2, -0.15) is 12.6 Å². The number of anilines is 3. The number of halogens is 1. The Kier molecular flexibility index (Phi) is 7.25. The van der Waals surface area contributed by atoms with E-state index in [4.69, 9.17) is 4.74 Å². The van der Waals surface area contributed by atoms with Crippen LogP contribution in [0, 0.1) is 0 Å². The van der Waals surface area contributed by atoms with Crippen molar-refractivity contribution in [3.8, 4) is 5.75 Å². The van der Waals surface area contributed by atoms with Crippen molar-refractivity contribution in [3.63, 3.8) is 0 Å². The van der Waals surface area contributed by atoms with Crippen LogP contribution in [0.4, 0.5) is 17.1 Å². The molecule has 4 heteroatoms. The van der Waals surface area contributed by atoms with E-state index in [0.29, 0.717) is 0 Å². The highest BCUT2D eigenvalue weighted by atomic mass is 79.9. The minimum Gasteiger partial charge on any atom is -0.497 e. The zero-order valence-corrected chi connectivity index (χ0v) is 17.9. The highest BCUT2D eigenvalue weighted by molar-refractivity contribution is 9.10. The Morgan fingerprint density at radius 2 is 1.30 bits per heavy atom. The van der Waals surface area contributed by atoms with Gasteiger partial charge in [-0.1, -0.05) is 28.1 Å². The number of ether oxygens (including phenoxy) is 1. The van der Waals surface area contributed by atoms with E-state index in [1.807, 2.05) is 12.1 Å². The minimum atomic E-state index is 0.856. The molecule has 0 aliphatic carbocycles. The van der Waals surface area contributed by atoms with Gasteiger partial charge in [0.15, 0.2) is 0 Å². The van der Waals surface area contributed by atoms with Crippen molar-refractivity contribution in [2.45, 2.75) is 19.3 Å². The number of aryl methyl sites for hydroxylation is 1. The lowest BCUT2D eigenvalue weighted by atomic mass is 10.1. The Bertz CT molecular complexity index is 832. The molecule has 0 atom stereocenters. The lowest BCUT2D eigenvalue weighted by molar-refractivity contribution is 0.415. The quantitative estimate of drug-likeness (QED) is 0.293. The molecule has 0 aromatic heterocycles. The monoisotopic (exact) mass is 441 g/mol. The van der Waals surface area contributed by atoms with Gasteiger partial charge in [0.05, 0.1) is 7.11 Å². The van der Waals surface area contributed by atoms with Crippen LogP contribution in [0.25, 0.3) is 0 Å². The largest absolute Gasteiger partial charge is 0.497 e. The predicted molar refractivity (Wildman–Crippen MR) is 122 cm³/mol. The second kappa shape index (κ2) is 9.86. The number of hydrogen-bond acceptors (Lipinski definition) is 3. The van der Waals surface area contributed by atoms with Crippen molar-refractivity contribution in [2.24, 2.45) is 0 Å². The zero-order chi connectivity index (χ0) is 19.1. The van der Waals surface area contributed by atoms with Crippen LogP contribution in [0.1, 0.15) is 18.4 Å². The number of thiol groups is 1. The van der Waals surface area contributed by atoms with Crippen LogP contribution in [-0.4, -0.2) is 12.9 Å². The SMILES string of the molecule is COc1ccc(N(c2ccc(Br)cc2)c2ccc(CCCCS)cc2)cc1. The van der Waals surface area contributed by atoms with Crippen LogP contribution >= 0.6 is 28.6 Å². The Balaban J connectivity index is 1.92. The second-order valence-electron chi connectivity index (χ2n) is 6.36. The number of nitrogens with zero attached hydrogens (tertiary/aromatic N) is 1. The van der Waals surface area contributed by atoms with E-state index in [-0.39, 0.29) is 0 Å². The van der Waals surface area contributed by atoms with E-state index in [2.05, 4.69) is 94.1 Å². The molecule has 0 fully saturated rings. The van der Waals surface area contributed by atoms with E-state index in [0.717, 1.165) is 45.9 Å². The van der Waals surface area contributed by atoms with Crippen molar-refractivity contribution < 1.29 is 4.74 Å². The van der Waals surface area contributed by atoms with Crippen LogP contribution in [0.2, 0.25) is 0 Å². The molecule has 0 amide bonds. The highest BCUT2D eigenvalue weighted by Gasteiger charge is 2.12. The lowest BCUT2D eigenvalue weighted by Crippen LogP contribution is -2.09. The molecule has 3 aromatic rings. The molecule has 0 aliphatic rings. The smallest absolute Gasteiger partial charge is 0.119 e. The summed E-state index contributed by atoms with van der Waals surface area (Å²) in [6.07, 6.45) is 3.43. The molecule has 0 spiro atoms. The molecule has 0 N–H and O–H groups in total. The van der Waals surface area contributed by atoms with Crippen LogP contribution < -0.4 is 9.64 Å². The average molecular weight is 442 g/mol. The third-order valence-electron chi connectivity index (χ3n) is 4.48. The van der Waals surface area contributed by atoms with E-state index in [1.54, 1.807) is 7.11 Å². The summed E-state index contributed by atoms with van der Waals surface area (Å²) in [6, 6.07) is 25.4. The first kappa shape index (κ1) is 19.8. The minimum absolute atomic E-state index is 0.856. The molecule has 0 radical (unpaired) electrons. The van der Waals surface area contributed by atoms with Gasteiger partial charge in [0, 0.05) is 21.5 Å². The molecule has 0 unspecified atom stereocenters. The fourth-order valence-corrected chi connectivity index (χ4v) is 3.51. The van der Waals surface area contributed by atoms with Gasteiger partial charge in [0.25, 0.3) is 0 Å². The Morgan fingerprint density at radius 1 is 0.778 bits per heavy atom. The van der Waals surface area contributed by atoms with E-state index in [9.17, 15) is 0 Å². The van der Waals surface area contributed by atoms with Gasteiger partial charge in [0.1, 0.15) is 5.75 Å². The van der Waals surface area contributed by atoms with Crippen molar-refractivity contribution in [3.05, 3.63) is 82.8 Å². The fraction of sp³-hybridized carbons (Fsp3) is 0.217. The maximum Gasteiger partial charge on any atom is 0.119 e. The zero-order valence-electron chi connectivity index (χ0n) is 15.4. The first-order valence-corrected chi connectivity index (χ1v) is 10.5. The normalized spacial score (nSPS) is 10.6. The topological polar surface area (TPSA) is 12.5 Å². The van der Waals surface area contributed by atoms with Crippen LogP contribution in [0.15, 0.2) is 77.3 Å². The first-order chi connectivity index (χ1) is 13.2. The molecule has 0 bridgehead atoms. The number of rotatable bonds is 8. The van der Waals surface area contributed by atoms with Gasteiger partial charge < -0.3 is 9.64 Å². The van der Waals surface area contributed by atoms with Crippen LogP contribution in [-0.2, 0) is 6.42 Å². The number of benzene rings is 3. The summed E-state index contributed by atoms with van der Waals surface area (Å²) >= 11 is 7.82. The van der Waals surface area contributed by atoms with Crippen LogP contribution in [0.3, 0.4) is 0 Å². The molecule has 27 heavy (non-hydrogen) atoms. The maximum atomic E-state index is 5.31. The van der Waals surface area contributed by atoms with Crippen molar-refractivity contribution in [1.82, 2.24) is 0 Å². The summed E-state index contributed by atoms with van der Waals surface area (Å²) in [5.41, 5.74) is 4.72. The van der Waals surface area contributed by atoms with E-state index in [1.165, 1.54) is 12.0 Å². The van der Waals surface area contributed by atoms with Crippen molar-refractivity contribution >= 4 is 45.6 Å². The van der Waals surface area contributed by atoms with E-state index >= 15 is 0 Å². The van der Waals surface area contributed by atoms with Gasteiger partial charge in [-0.3, -0.25) is 0 Å². The average Bonchev–Trinajstić information content (AvgIpc) is 2.71. The standard InChI is InChI=1S/C23H24BrNOS/c1-26-23-15-13-22(14-16-23)25(21-11-7-19(24)8-12-21)20-9-5-18(6-10-20)4-2-3-17-27/h5-16,27H,2-4,17H2,1H3. The predicted octanol–water partition coefficient (Wildman–Crippen LogP) is 7.18. The summed E-state index contributed by atoms with van der Waals surface area (Å²) in [7, 11) is 1.69. The molecule has 0 aliphatic heterocycles. The second-order valence-corrected chi connectivity index (χ2v) is 7.72. The molecule has 140 valence electrons. The molecule has 0 saturated carbocycles.